The molecule has 0 aromatic carbocycles. The van der Waals surface area contributed by atoms with Crippen LogP contribution in [0.25, 0.3) is 0 Å². The summed E-state index contributed by atoms with van der Waals surface area (Å²) in [6.07, 6.45) is 2.59. The number of hydrogen-bond acceptors (Lipinski definition) is 4. The SMILES string of the molecule is COc1cccc(C(O)C2(C#N)CCC(C(C)C)CC2)n1. The molecule has 1 atom stereocenters. The highest BCUT2D eigenvalue weighted by Gasteiger charge is 2.43. The zero-order valence-electron chi connectivity index (χ0n) is 13.0. The molecule has 0 spiro atoms. The summed E-state index contributed by atoms with van der Waals surface area (Å²) in [7, 11) is 1.55. The molecule has 114 valence electrons. The molecule has 0 aliphatic heterocycles. The van der Waals surface area contributed by atoms with E-state index < -0.39 is 11.5 Å². The number of aliphatic hydroxyl groups excluding tert-OH is 1. The standard InChI is InChI=1S/C17H24N2O2/c1-12(2)13-7-9-17(11-18,10-8-13)16(20)14-5-4-6-15(19-14)21-3/h4-6,12-13,16,20H,7-10H2,1-3H3. The van der Waals surface area contributed by atoms with Crippen LogP contribution < -0.4 is 4.74 Å². The number of methoxy groups -OCH3 is 1. The zero-order valence-corrected chi connectivity index (χ0v) is 13.0. The van der Waals surface area contributed by atoms with Crippen LogP contribution in [-0.4, -0.2) is 17.2 Å². The van der Waals surface area contributed by atoms with Gasteiger partial charge in [-0.1, -0.05) is 19.9 Å². The van der Waals surface area contributed by atoms with E-state index in [-0.39, 0.29) is 0 Å². The molecule has 2 rings (SSSR count). The molecule has 0 saturated heterocycles. The molecule has 1 unspecified atom stereocenters. The number of nitriles is 1. The summed E-state index contributed by atoms with van der Waals surface area (Å²) in [6.45, 7) is 4.45. The number of hydrogen-bond donors (Lipinski definition) is 1. The summed E-state index contributed by atoms with van der Waals surface area (Å²) in [6, 6.07) is 7.69. The third-order valence-electron chi connectivity index (χ3n) is 4.85. The molecule has 1 heterocycles. The molecule has 1 aliphatic rings. The number of rotatable bonds is 4. The van der Waals surface area contributed by atoms with Gasteiger partial charge in [-0.15, -0.1) is 0 Å². The topological polar surface area (TPSA) is 66.1 Å². The Balaban J connectivity index is 2.19. The van der Waals surface area contributed by atoms with E-state index in [1.165, 1.54) is 0 Å². The minimum Gasteiger partial charge on any atom is -0.481 e. The lowest BCUT2D eigenvalue weighted by molar-refractivity contribution is 0.0159. The van der Waals surface area contributed by atoms with Crippen LogP contribution in [0.1, 0.15) is 51.3 Å². The van der Waals surface area contributed by atoms with Gasteiger partial charge in [0.1, 0.15) is 6.10 Å². The molecule has 21 heavy (non-hydrogen) atoms. The van der Waals surface area contributed by atoms with Crippen molar-refractivity contribution in [3.63, 3.8) is 0 Å². The highest BCUT2D eigenvalue weighted by molar-refractivity contribution is 5.22. The Bertz CT molecular complexity index is 514. The summed E-state index contributed by atoms with van der Waals surface area (Å²) in [5.41, 5.74) is -0.191. The second kappa shape index (κ2) is 6.44. The predicted octanol–water partition coefficient (Wildman–Crippen LogP) is 3.48. The second-order valence-corrected chi connectivity index (χ2v) is 6.36. The molecule has 1 aromatic heterocycles. The van der Waals surface area contributed by atoms with Crippen LogP contribution in [0.15, 0.2) is 18.2 Å². The van der Waals surface area contributed by atoms with Crippen molar-refractivity contribution in [1.82, 2.24) is 4.98 Å². The minimum absolute atomic E-state index is 0.468. The van der Waals surface area contributed by atoms with E-state index >= 15 is 0 Å². The summed E-state index contributed by atoms with van der Waals surface area (Å²) in [5, 5.41) is 20.4. The zero-order chi connectivity index (χ0) is 15.5. The fourth-order valence-corrected chi connectivity index (χ4v) is 3.25. The first-order valence-corrected chi connectivity index (χ1v) is 7.62. The lowest BCUT2D eigenvalue weighted by Gasteiger charge is -2.39. The largest absolute Gasteiger partial charge is 0.481 e. The fraction of sp³-hybridized carbons (Fsp3) is 0.647. The molecule has 4 heteroatoms. The number of ether oxygens (including phenoxy) is 1. The molecule has 0 radical (unpaired) electrons. The van der Waals surface area contributed by atoms with Gasteiger partial charge in [0, 0.05) is 6.07 Å². The quantitative estimate of drug-likeness (QED) is 0.921. The molecule has 0 bridgehead atoms. The first-order chi connectivity index (χ1) is 10.0. The Hall–Kier alpha value is -1.60. The van der Waals surface area contributed by atoms with Crippen LogP contribution in [0.4, 0.5) is 0 Å². The van der Waals surface area contributed by atoms with Crippen molar-refractivity contribution >= 4 is 0 Å². The number of aliphatic hydroxyl groups is 1. The van der Waals surface area contributed by atoms with Gasteiger partial charge >= 0.3 is 0 Å². The number of nitrogens with zero attached hydrogens (tertiary/aromatic N) is 2. The van der Waals surface area contributed by atoms with Gasteiger partial charge in [0.25, 0.3) is 0 Å². The van der Waals surface area contributed by atoms with E-state index in [4.69, 9.17) is 4.74 Å². The average molecular weight is 288 g/mol. The van der Waals surface area contributed by atoms with E-state index in [0.717, 1.165) is 25.7 Å². The Morgan fingerprint density at radius 3 is 2.57 bits per heavy atom. The van der Waals surface area contributed by atoms with Crippen molar-refractivity contribution in [3.05, 3.63) is 23.9 Å². The Morgan fingerprint density at radius 1 is 1.38 bits per heavy atom. The van der Waals surface area contributed by atoms with Gasteiger partial charge in [-0.2, -0.15) is 5.26 Å². The van der Waals surface area contributed by atoms with Crippen molar-refractivity contribution in [1.29, 1.82) is 5.26 Å². The summed E-state index contributed by atoms with van der Waals surface area (Å²) in [4.78, 5) is 4.29. The Labute approximate surface area is 126 Å². The highest BCUT2D eigenvalue weighted by Crippen LogP contribution is 2.48. The lowest BCUT2D eigenvalue weighted by Crippen LogP contribution is -2.34. The molecule has 4 nitrogen and oxygen atoms in total. The summed E-state index contributed by atoms with van der Waals surface area (Å²) < 4.78 is 5.10. The monoisotopic (exact) mass is 288 g/mol. The Morgan fingerprint density at radius 2 is 2.05 bits per heavy atom. The molecular formula is C17H24N2O2. The maximum absolute atomic E-state index is 10.7. The summed E-state index contributed by atoms with van der Waals surface area (Å²) >= 11 is 0. The van der Waals surface area contributed by atoms with Crippen LogP contribution >= 0.6 is 0 Å². The van der Waals surface area contributed by atoms with E-state index in [0.29, 0.717) is 23.4 Å². The third kappa shape index (κ3) is 3.19. The molecule has 1 aliphatic carbocycles. The Kier molecular flexibility index (Phi) is 4.84. The maximum atomic E-state index is 10.7. The lowest BCUT2D eigenvalue weighted by atomic mass is 9.65. The number of aromatic nitrogens is 1. The molecular weight excluding hydrogens is 264 g/mol. The highest BCUT2D eigenvalue weighted by atomic mass is 16.5. The third-order valence-corrected chi connectivity index (χ3v) is 4.85. The van der Waals surface area contributed by atoms with Crippen LogP contribution in [0.3, 0.4) is 0 Å². The molecule has 0 amide bonds. The summed E-state index contributed by atoms with van der Waals surface area (Å²) in [5.74, 6) is 1.75. The van der Waals surface area contributed by atoms with Crippen LogP contribution in [0, 0.1) is 28.6 Å². The molecule has 1 saturated carbocycles. The fourth-order valence-electron chi connectivity index (χ4n) is 3.25. The van der Waals surface area contributed by atoms with E-state index in [1.54, 1.807) is 25.3 Å². The molecule has 1 aromatic rings. The van der Waals surface area contributed by atoms with Gasteiger partial charge in [-0.3, -0.25) is 0 Å². The van der Waals surface area contributed by atoms with Gasteiger partial charge in [-0.25, -0.2) is 4.98 Å². The smallest absolute Gasteiger partial charge is 0.213 e. The maximum Gasteiger partial charge on any atom is 0.213 e. The van der Waals surface area contributed by atoms with Gasteiger partial charge in [0.15, 0.2) is 0 Å². The first kappa shape index (κ1) is 15.8. The van der Waals surface area contributed by atoms with Crippen LogP contribution in [-0.2, 0) is 0 Å². The van der Waals surface area contributed by atoms with Crippen molar-refractivity contribution in [2.75, 3.05) is 7.11 Å². The molecule has 1 fully saturated rings. The van der Waals surface area contributed by atoms with Crippen molar-refractivity contribution < 1.29 is 9.84 Å². The van der Waals surface area contributed by atoms with E-state index in [1.807, 2.05) is 0 Å². The van der Waals surface area contributed by atoms with E-state index in [2.05, 4.69) is 24.9 Å². The van der Waals surface area contributed by atoms with Gasteiger partial charge in [0.05, 0.1) is 24.3 Å². The van der Waals surface area contributed by atoms with Crippen molar-refractivity contribution in [3.8, 4) is 11.9 Å². The van der Waals surface area contributed by atoms with Gasteiger partial charge in [-0.05, 0) is 43.6 Å². The van der Waals surface area contributed by atoms with Gasteiger partial charge < -0.3 is 9.84 Å². The van der Waals surface area contributed by atoms with Crippen LogP contribution in [0.2, 0.25) is 0 Å². The minimum atomic E-state index is -0.856. The first-order valence-electron chi connectivity index (χ1n) is 7.62. The van der Waals surface area contributed by atoms with Crippen molar-refractivity contribution in [2.24, 2.45) is 17.3 Å². The molecule has 1 N–H and O–H groups in total. The number of pyridine rings is 1. The normalized spacial score (nSPS) is 27.1. The second-order valence-electron chi connectivity index (χ2n) is 6.36. The average Bonchev–Trinajstić information content (AvgIpc) is 2.54. The predicted molar refractivity (Wildman–Crippen MR) is 80.6 cm³/mol. The van der Waals surface area contributed by atoms with Crippen molar-refractivity contribution in [2.45, 2.75) is 45.6 Å². The van der Waals surface area contributed by atoms with Gasteiger partial charge in [0.2, 0.25) is 5.88 Å². The van der Waals surface area contributed by atoms with E-state index in [9.17, 15) is 10.4 Å². The van der Waals surface area contributed by atoms with Crippen LogP contribution in [0.5, 0.6) is 5.88 Å².